The molecule has 0 unspecified atom stereocenters. The first-order chi connectivity index (χ1) is 7.54. The molecule has 0 amide bonds. The van der Waals surface area contributed by atoms with Crippen LogP contribution in [0.4, 0.5) is 5.69 Å². The number of nitro groups is 1. The van der Waals surface area contributed by atoms with Crippen LogP contribution in [0.1, 0.15) is 11.1 Å². The van der Waals surface area contributed by atoms with Crippen molar-refractivity contribution in [1.29, 1.82) is 5.26 Å². The number of carbonyl (C=O) groups is 1. The first-order valence-electron chi connectivity index (χ1n) is 4.14. The zero-order valence-corrected chi connectivity index (χ0v) is 7.95. The van der Waals surface area contributed by atoms with E-state index in [0.29, 0.717) is 0 Å². The Kier molecular flexibility index (Phi) is 3.35. The Morgan fingerprint density at radius 2 is 2.25 bits per heavy atom. The minimum Gasteiger partial charge on any atom is -0.478 e. The Balaban J connectivity index is 3.24. The molecule has 0 saturated carbocycles. The van der Waals surface area contributed by atoms with Gasteiger partial charge in [0, 0.05) is 12.1 Å². The molecule has 0 saturated heterocycles. The molecule has 0 radical (unpaired) electrons. The van der Waals surface area contributed by atoms with Gasteiger partial charge in [-0.2, -0.15) is 5.26 Å². The summed E-state index contributed by atoms with van der Waals surface area (Å²) < 4.78 is 0. The van der Waals surface area contributed by atoms with Gasteiger partial charge < -0.3 is 5.11 Å². The minimum atomic E-state index is -1.20. The summed E-state index contributed by atoms with van der Waals surface area (Å²) in [5.74, 6) is -1.20. The van der Waals surface area contributed by atoms with Gasteiger partial charge in [0.1, 0.15) is 0 Å². The monoisotopic (exact) mass is 218 g/mol. The van der Waals surface area contributed by atoms with Gasteiger partial charge in [-0.15, -0.1) is 0 Å². The topological polar surface area (TPSA) is 104 Å². The smallest absolute Gasteiger partial charge is 0.328 e. The highest BCUT2D eigenvalue weighted by Crippen LogP contribution is 2.21. The van der Waals surface area contributed by atoms with Crippen LogP contribution in [0.2, 0.25) is 0 Å². The molecular weight excluding hydrogens is 212 g/mol. The molecule has 0 aliphatic carbocycles. The van der Waals surface area contributed by atoms with Gasteiger partial charge in [-0.05, 0) is 18.2 Å². The average Bonchev–Trinajstić information content (AvgIpc) is 2.25. The summed E-state index contributed by atoms with van der Waals surface area (Å²) in [6.45, 7) is 0. The van der Waals surface area contributed by atoms with E-state index in [1.54, 1.807) is 6.07 Å². The Morgan fingerprint density at radius 1 is 1.56 bits per heavy atom. The third-order valence-corrected chi connectivity index (χ3v) is 1.76. The second-order valence-corrected chi connectivity index (χ2v) is 2.81. The maximum Gasteiger partial charge on any atom is 0.328 e. The largest absolute Gasteiger partial charge is 0.478 e. The maximum atomic E-state index is 10.6. The fraction of sp³-hybridized carbons (Fsp3) is 0. The fourth-order valence-electron chi connectivity index (χ4n) is 1.07. The number of hydrogen-bond donors (Lipinski definition) is 1. The SMILES string of the molecule is N#Cc1ccc(/C=C/C(=O)O)c([N+](=O)[O-])c1. The van der Waals surface area contributed by atoms with E-state index in [-0.39, 0.29) is 16.8 Å². The normalized spacial score (nSPS) is 9.94. The number of benzene rings is 1. The molecule has 1 rings (SSSR count). The number of carboxylic acid groups (broad SMARTS) is 1. The van der Waals surface area contributed by atoms with Gasteiger partial charge in [0.15, 0.2) is 0 Å². The summed E-state index contributed by atoms with van der Waals surface area (Å²) in [5.41, 5.74) is 0.00197. The van der Waals surface area contributed by atoms with E-state index < -0.39 is 10.9 Å². The molecule has 16 heavy (non-hydrogen) atoms. The first kappa shape index (κ1) is 11.4. The molecule has 6 nitrogen and oxygen atoms in total. The van der Waals surface area contributed by atoms with Gasteiger partial charge in [-0.3, -0.25) is 10.1 Å². The zero-order chi connectivity index (χ0) is 12.1. The van der Waals surface area contributed by atoms with Crippen molar-refractivity contribution in [2.45, 2.75) is 0 Å². The lowest BCUT2D eigenvalue weighted by molar-refractivity contribution is -0.385. The van der Waals surface area contributed by atoms with Crippen molar-refractivity contribution < 1.29 is 14.8 Å². The standard InChI is InChI=1S/C10H6N2O4/c11-6-7-1-2-8(3-4-10(13)14)9(5-7)12(15)16/h1-5H,(H,13,14)/b4-3+. The van der Waals surface area contributed by atoms with Crippen molar-refractivity contribution in [3.63, 3.8) is 0 Å². The summed E-state index contributed by atoms with van der Waals surface area (Å²) in [5, 5.41) is 27.6. The number of aliphatic carboxylic acids is 1. The number of hydrogen-bond acceptors (Lipinski definition) is 4. The first-order valence-corrected chi connectivity index (χ1v) is 4.14. The molecule has 1 aromatic rings. The summed E-state index contributed by atoms with van der Waals surface area (Å²) >= 11 is 0. The van der Waals surface area contributed by atoms with Crippen LogP contribution in [0.5, 0.6) is 0 Å². The number of nitriles is 1. The van der Waals surface area contributed by atoms with Crippen LogP contribution < -0.4 is 0 Å². The van der Waals surface area contributed by atoms with Crippen molar-refractivity contribution in [2.24, 2.45) is 0 Å². The molecule has 80 valence electrons. The third kappa shape index (κ3) is 2.65. The molecule has 1 N–H and O–H groups in total. The summed E-state index contributed by atoms with van der Waals surface area (Å²) in [6, 6.07) is 5.58. The van der Waals surface area contributed by atoms with Gasteiger partial charge in [0.05, 0.1) is 22.1 Å². The van der Waals surface area contributed by atoms with Crippen LogP contribution in [0.15, 0.2) is 24.3 Å². The van der Waals surface area contributed by atoms with Crippen molar-refractivity contribution >= 4 is 17.7 Å². The van der Waals surface area contributed by atoms with E-state index in [1.807, 2.05) is 0 Å². The number of carboxylic acids is 1. The zero-order valence-electron chi connectivity index (χ0n) is 7.95. The highest BCUT2D eigenvalue weighted by molar-refractivity contribution is 5.86. The quantitative estimate of drug-likeness (QED) is 0.471. The lowest BCUT2D eigenvalue weighted by atomic mass is 10.1. The number of nitrogens with zero attached hydrogens (tertiary/aromatic N) is 2. The minimum absolute atomic E-state index is 0.145. The molecule has 0 aliphatic rings. The maximum absolute atomic E-state index is 10.6. The van der Waals surface area contributed by atoms with Crippen molar-refractivity contribution in [3.8, 4) is 6.07 Å². The highest BCUT2D eigenvalue weighted by atomic mass is 16.6. The molecular formula is C10H6N2O4. The third-order valence-electron chi connectivity index (χ3n) is 1.76. The molecule has 0 aromatic heterocycles. The molecule has 0 aliphatic heterocycles. The van der Waals surface area contributed by atoms with E-state index in [1.165, 1.54) is 12.1 Å². The second kappa shape index (κ2) is 4.70. The van der Waals surface area contributed by atoms with E-state index in [0.717, 1.165) is 18.2 Å². The molecule has 0 atom stereocenters. The van der Waals surface area contributed by atoms with Gasteiger partial charge in [0.25, 0.3) is 5.69 Å². The summed E-state index contributed by atoms with van der Waals surface area (Å²) in [6.07, 6.45) is 1.91. The highest BCUT2D eigenvalue weighted by Gasteiger charge is 2.12. The van der Waals surface area contributed by atoms with Crippen molar-refractivity contribution in [2.75, 3.05) is 0 Å². The number of nitro benzene ring substituents is 1. The van der Waals surface area contributed by atoms with Gasteiger partial charge in [-0.1, -0.05) is 0 Å². The fourth-order valence-corrected chi connectivity index (χ4v) is 1.07. The summed E-state index contributed by atoms with van der Waals surface area (Å²) in [7, 11) is 0. The van der Waals surface area contributed by atoms with E-state index >= 15 is 0 Å². The van der Waals surface area contributed by atoms with Crippen molar-refractivity contribution in [1.82, 2.24) is 0 Å². The Bertz CT molecular complexity index is 514. The molecule has 0 fully saturated rings. The van der Waals surface area contributed by atoms with Crippen LogP contribution in [-0.2, 0) is 4.79 Å². The predicted molar refractivity (Wildman–Crippen MR) is 54.5 cm³/mol. The van der Waals surface area contributed by atoms with Crippen LogP contribution in [-0.4, -0.2) is 16.0 Å². The van der Waals surface area contributed by atoms with Gasteiger partial charge >= 0.3 is 5.97 Å². The summed E-state index contributed by atoms with van der Waals surface area (Å²) in [4.78, 5) is 20.3. The lowest BCUT2D eigenvalue weighted by Gasteiger charge is -1.97. The Labute approximate surface area is 90.2 Å². The molecule has 6 heteroatoms. The van der Waals surface area contributed by atoms with Crippen LogP contribution in [0.3, 0.4) is 0 Å². The molecule has 0 bridgehead atoms. The van der Waals surface area contributed by atoms with Crippen molar-refractivity contribution in [3.05, 3.63) is 45.5 Å². The lowest BCUT2D eigenvalue weighted by Crippen LogP contribution is -1.93. The second-order valence-electron chi connectivity index (χ2n) is 2.81. The van der Waals surface area contributed by atoms with Crippen LogP contribution >= 0.6 is 0 Å². The van der Waals surface area contributed by atoms with Crippen LogP contribution in [0.25, 0.3) is 6.08 Å². The van der Waals surface area contributed by atoms with E-state index in [4.69, 9.17) is 10.4 Å². The van der Waals surface area contributed by atoms with E-state index in [9.17, 15) is 14.9 Å². The van der Waals surface area contributed by atoms with Gasteiger partial charge in [0.2, 0.25) is 0 Å². The molecule has 0 spiro atoms. The molecule has 0 heterocycles. The average molecular weight is 218 g/mol. The Morgan fingerprint density at radius 3 is 2.75 bits per heavy atom. The molecule has 1 aromatic carbocycles. The van der Waals surface area contributed by atoms with Crippen LogP contribution in [0, 0.1) is 21.4 Å². The van der Waals surface area contributed by atoms with Gasteiger partial charge in [-0.25, -0.2) is 4.79 Å². The predicted octanol–water partition coefficient (Wildman–Crippen LogP) is 1.56. The Hall–Kier alpha value is -2.68. The van der Waals surface area contributed by atoms with E-state index in [2.05, 4.69) is 0 Å². The number of rotatable bonds is 3.